The van der Waals surface area contributed by atoms with Crippen molar-refractivity contribution in [2.24, 2.45) is 0 Å². The summed E-state index contributed by atoms with van der Waals surface area (Å²) < 4.78 is 24.8. The van der Waals surface area contributed by atoms with Gasteiger partial charge in [-0.05, 0) is 18.2 Å². The minimum absolute atomic E-state index is 0.0810. The number of carbonyl (C=O) groups excluding carboxylic acids is 1. The summed E-state index contributed by atoms with van der Waals surface area (Å²) >= 11 is 0. The standard InChI is InChI=1S/C23H32N4O3S/c1-25(14-13-24-31(2,29)30)19-22(28)26-15-17-27(18-16-26)23(20-9-5-3-6-10-20)21-11-7-4-8-12-21/h3-12,23-24H,13-19H2,1-2H3. The van der Waals surface area contributed by atoms with Crippen LogP contribution in [0.2, 0.25) is 0 Å². The van der Waals surface area contributed by atoms with E-state index in [0.29, 0.717) is 26.2 Å². The number of benzene rings is 2. The smallest absolute Gasteiger partial charge is 0.236 e. The molecule has 1 heterocycles. The summed E-state index contributed by atoms with van der Waals surface area (Å²) in [5.74, 6) is 0.0810. The van der Waals surface area contributed by atoms with Gasteiger partial charge >= 0.3 is 0 Å². The average Bonchev–Trinajstić information content (AvgIpc) is 2.75. The lowest BCUT2D eigenvalue weighted by Crippen LogP contribution is -2.52. The molecule has 0 saturated carbocycles. The van der Waals surface area contributed by atoms with Gasteiger partial charge in [-0.15, -0.1) is 0 Å². The van der Waals surface area contributed by atoms with Gasteiger partial charge in [-0.1, -0.05) is 60.7 Å². The fourth-order valence-electron chi connectivity index (χ4n) is 3.95. The summed E-state index contributed by atoms with van der Waals surface area (Å²) in [5, 5.41) is 0. The van der Waals surface area contributed by atoms with E-state index in [1.165, 1.54) is 11.1 Å². The Kier molecular flexibility index (Phi) is 8.20. The van der Waals surface area contributed by atoms with Crippen molar-refractivity contribution in [3.05, 3.63) is 71.8 Å². The van der Waals surface area contributed by atoms with Gasteiger partial charge in [-0.25, -0.2) is 13.1 Å². The number of nitrogens with one attached hydrogen (secondary N) is 1. The van der Waals surface area contributed by atoms with Gasteiger partial charge in [0.15, 0.2) is 0 Å². The van der Waals surface area contributed by atoms with Crippen LogP contribution < -0.4 is 4.72 Å². The molecule has 1 fully saturated rings. The number of hydrogen-bond donors (Lipinski definition) is 1. The van der Waals surface area contributed by atoms with Crippen LogP contribution in [-0.2, 0) is 14.8 Å². The van der Waals surface area contributed by atoms with Crippen LogP contribution >= 0.6 is 0 Å². The van der Waals surface area contributed by atoms with Gasteiger partial charge in [-0.3, -0.25) is 14.6 Å². The molecule has 1 N–H and O–H groups in total. The second-order valence-electron chi connectivity index (χ2n) is 8.04. The first-order chi connectivity index (χ1) is 14.8. The van der Waals surface area contributed by atoms with Crippen molar-refractivity contribution in [3.8, 4) is 0 Å². The van der Waals surface area contributed by atoms with Crippen LogP contribution in [0, 0.1) is 0 Å². The van der Waals surface area contributed by atoms with E-state index in [1.54, 1.807) is 0 Å². The van der Waals surface area contributed by atoms with E-state index in [-0.39, 0.29) is 18.5 Å². The van der Waals surface area contributed by atoms with Crippen molar-refractivity contribution in [1.82, 2.24) is 19.4 Å². The van der Waals surface area contributed by atoms with Crippen LogP contribution in [-0.4, -0.2) is 88.1 Å². The molecule has 1 aliphatic heterocycles. The van der Waals surface area contributed by atoms with Crippen LogP contribution in [0.15, 0.2) is 60.7 Å². The Hall–Kier alpha value is -2.26. The fraction of sp³-hybridized carbons (Fsp3) is 0.435. The molecule has 8 heteroatoms. The maximum Gasteiger partial charge on any atom is 0.236 e. The molecule has 31 heavy (non-hydrogen) atoms. The molecule has 0 atom stereocenters. The third-order valence-electron chi connectivity index (χ3n) is 5.53. The number of amides is 1. The summed E-state index contributed by atoms with van der Waals surface area (Å²) in [4.78, 5) is 18.9. The Morgan fingerprint density at radius 1 is 0.968 bits per heavy atom. The lowest BCUT2D eigenvalue weighted by atomic mass is 9.96. The van der Waals surface area contributed by atoms with Gasteiger partial charge in [0.25, 0.3) is 0 Å². The molecule has 7 nitrogen and oxygen atoms in total. The third kappa shape index (κ3) is 7.14. The zero-order valence-corrected chi connectivity index (χ0v) is 19.1. The number of likely N-dealkylation sites (N-methyl/N-ethyl adjacent to an activating group) is 1. The summed E-state index contributed by atoms with van der Waals surface area (Å²) in [5.41, 5.74) is 2.51. The summed E-state index contributed by atoms with van der Waals surface area (Å²) in [7, 11) is -1.37. The Bertz CT molecular complexity index is 890. The quantitative estimate of drug-likeness (QED) is 0.633. The molecule has 1 saturated heterocycles. The molecule has 168 valence electrons. The number of sulfonamides is 1. The Balaban J connectivity index is 1.56. The van der Waals surface area contributed by atoms with E-state index in [4.69, 9.17) is 0 Å². The number of piperazine rings is 1. The molecule has 0 spiro atoms. The van der Waals surface area contributed by atoms with Gasteiger partial charge < -0.3 is 4.90 Å². The molecule has 0 bridgehead atoms. The van der Waals surface area contributed by atoms with Gasteiger partial charge in [0.05, 0.1) is 18.8 Å². The van der Waals surface area contributed by atoms with E-state index in [1.807, 2.05) is 29.0 Å². The highest BCUT2D eigenvalue weighted by molar-refractivity contribution is 7.88. The van der Waals surface area contributed by atoms with Crippen LogP contribution in [0.25, 0.3) is 0 Å². The Morgan fingerprint density at radius 2 is 1.48 bits per heavy atom. The molecule has 0 aromatic heterocycles. The fourth-order valence-corrected chi connectivity index (χ4v) is 4.41. The number of carbonyl (C=O) groups is 1. The van der Waals surface area contributed by atoms with Crippen LogP contribution in [0.3, 0.4) is 0 Å². The molecular formula is C23H32N4O3S. The van der Waals surface area contributed by atoms with Crippen molar-refractivity contribution in [3.63, 3.8) is 0 Å². The van der Waals surface area contributed by atoms with Crippen molar-refractivity contribution < 1.29 is 13.2 Å². The highest BCUT2D eigenvalue weighted by Crippen LogP contribution is 2.29. The summed E-state index contributed by atoms with van der Waals surface area (Å²) in [6, 6.07) is 21.2. The average molecular weight is 445 g/mol. The molecule has 0 aliphatic carbocycles. The number of nitrogens with zero attached hydrogens (tertiary/aromatic N) is 3. The first-order valence-electron chi connectivity index (χ1n) is 10.6. The van der Waals surface area contributed by atoms with E-state index in [9.17, 15) is 13.2 Å². The van der Waals surface area contributed by atoms with Gasteiger partial charge in [-0.2, -0.15) is 0 Å². The molecule has 1 amide bonds. The van der Waals surface area contributed by atoms with Gasteiger partial charge in [0.2, 0.25) is 15.9 Å². The minimum atomic E-state index is -3.21. The lowest BCUT2D eigenvalue weighted by molar-refractivity contribution is -0.134. The van der Waals surface area contributed by atoms with E-state index < -0.39 is 10.0 Å². The second-order valence-corrected chi connectivity index (χ2v) is 9.88. The predicted octanol–water partition coefficient (Wildman–Crippen LogP) is 1.40. The van der Waals surface area contributed by atoms with Crippen molar-refractivity contribution >= 4 is 15.9 Å². The van der Waals surface area contributed by atoms with Gasteiger partial charge in [0.1, 0.15) is 0 Å². The Morgan fingerprint density at radius 3 is 1.97 bits per heavy atom. The van der Waals surface area contributed by atoms with Crippen molar-refractivity contribution in [2.45, 2.75) is 6.04 Å². The molecule has 2 aromatic rings. The minimum Gasteiger partial charge on any atom is -0.339 e. The second kappa shape index (κ2) is 10.9. The number of rotatable bonds is 9. The Labute approximate surface area is 185 Å². The zero-order chi connectivity index (χ0) is 22.3. The number of hydrogen-bond acceptors (Lipinski definition) is 5. The molecule has 1 aliphatic rings. The van der Waals surface area contributed by atoms with Crippen LogP contribution in [0.5, 0.6) is 0 Å². The highest BCUT2D eigenvalue weighted by Gasteiger charge is 2.28. The van der Waals surface area contributed by atoms with Crippen molar-refractivity contribution in [1.29, 1.82) is 0 Å². The SMILES string of the molecule is CN(CCNS(C)(=O)=O)CC(=O)N1CCN(C(c2ccccc2)c2ccccc2)CC1. The van der Waals surface area contributed by atoms with E-state index >= 15 is 0 Å². The highest BCUT2D eigenvalue weighted by atomic mass is 32.2. The monoisotopic (exact) mass is 444 g/mol. The first kappa shape index (κ1) is 23.4. The summed E-state index contributed by atoms with van der Waals surface area (Å²) in [6.45, 7) is 4.05. The van der Waals surface area contributed by atoms with Crippen LogP contribution in [0.1, 0.15) is 17.2 Å². The van der Waals surface area contributed by atoms with E-state index in [0.717, 1.165) is 19.3 Å². The molecule has 3 rings (SSSR count). The molecule has 2 aromatic carbocycles. The normalized spacial score (nSPS) is 15.5. The maximum atomic E-state index is 12.7. The van der Waals surface area contributed by atoms with E-state index in [2.05, 4.69) is 58.2 Å². The van der Waals surface area contributed by atoms with Crippen LogP contribution in [0.4, 0.5) is 0 Å². The maximum absolute atomic E-state index is 12.7. The lowest BCUT2D eigenvalue weighted by Gasteiger charge is -2.40. The molecular weight excluding hydrogens is 412 g/mol. The van der Waals surface area contributed by atoms with Crippen molar-refractivity contribution in [2.75, 3.05) is 59.1 Å². The summed E-state index contributed by atoms with van der Waals surface area (Å²) in [6.07, 6.45) is 1.13. The molecule has 0 unspecified atom stereocenters. The topological polar surface area (TPSA) is 73.0 Å². The first-order valence-corrected chi connectivity index (χ1v) is 12.5. The zero-order valence-electron chi connectivity index (χ0n) is 18.3. The third-order valence-corrected chi connectivity index (χ3v) is 6.25. The predicted molar refractivity (Wildman–Crippen MR) is 123 cm³/mol. The van der Waals surface area contributed by atoms with Gasteiger partial charge in [0, 0.05) is 39.3 Å². The molecule has 0 radical (unpaired) electrons. The largest absolute Gasteiger partial charge is 0.339 e.